The lowest BCUT2D eigenvalue weighted by Gasteiger charge is -2.62. The molecule has 12 atom stereocenters. The van der Waals surface area contributed by atoms with E-state index in [4.69, 9.17) is 4.74 Å². The van der Waals surface area contributed by atoms with Crippen molar-refractivity contribution in [3.8, 4) is 0 Å². The molecular formula is C39H57NO4S2. The summed E-state index contributed by atoms with van der Waals surface area (Å²) in [6, 6.07) is 7.15. The van der Waals surface area contributed by atoms with Gasteiger partial charge < -0.3 is 20.3 Å². The molecule has 1 aromatic rings. The smallest absolute Gasteiger partial charge is 0.141 e. The van der Waals surface area contributed by atoms with Gasteiger partial charge in [0.1, 0.15) is 11.4 Å². The molecule has 0 unspecified atom stereocenters. The fourth-order valence-corrected chi connectivity index (χ4v) is 17.8. The van der Waals surface area contributed by atoms with Gasteiger partial charge in [0.15, 0.2) is 0 Å². The van der Waals surface area contributed by atoms with Gasteiger partial charge in [0.25, 0.3) is 0 Å². The van der Waals surface area contributed by atoms with Crippen LogP contribution in [0.1, 0.15) is 109 Å². The number of anilines is 1. The minimum Gasteiger partial charge on any atom is -0.391 e. The Kier molecular flexibility index (Phi) is 7.86. The van der Waals surface area contributed by atoms with E-state index >= 15 is 0 Å². The van der Waals surface area contributed by atoms with Gasteiger partial charge in [-0.05, 0) is 116 Å². The average molecular weight is 668 g/mol. The van der Waals surface area contributed by atoms with Gasteiger partial charge in [-0.15, -0.1) is 0 Å². The Morgan fingerprint density at radius 2 is 1.85 bits per heavy atom. The molecule has 0 aromatic heterocycles. The number of benzene rings is 1. The lowest BCUT2D eigenvalue weighted by atomic mass is 9.44. The number of fused-ring (bicyclic) bond motifs is 6. The van der Waals surface area contributed by atoms with Crippen LogP contribution in [0.25, 0.3) is 0 Å². The molecule has 0 amide bonds. The van der Waals surface area contributed by atoms with Gasteiger partial charge in [-0.25, -0.2) is 0 Å². The van der Waals surface area contributed by atoms with E-state index < -0.39 is 11.7 Å². The van der Waals surface area contributed by atoms with Gasteiger partial charge >= 0.3 is 0 Å². The monoisotopic (exact) mass is 667 g/mol. The summed E-state index contributed by atoms with van der Waals surface area (Å²) in [7, 11) is 5.91. The number of ketones is 1. The van der Waals surface area contributed by atoms with Gasteiger partial charge in [0, 0.05) is 35.1 Å². The summed E-state index contributed by atoms with van der Waals surface area (Å²) < 4.78 is 6.25. The number of hydrogen-bond donors (Lipinski definition) is 3. The molecule has 6 bridgehead atoms. The fourth-order valence-electron chi connectivity index (χ4n) is 13.9. The molecule has 7 aliphatic rings. The van der Waals surface area contributed by atoms with Crippen LogP contribution < -0.4 is 5.32 Å². The molecule has 6 fully saturated rings. The number of carbonyl (C=O) groups excluding carboxylic acids is 1. The fraction of sp³-hybridized carbons (Fsp3) is 0.821. The predicted octanol–water partition coefficient (Wildman–Crippen LogP) is 7.85. The normalized spacial score (nSPS) is 48.1. The number of aliphatic hydroxyl groups is 2. The zero-order chi connectivity index (χ0) is 32.3. The zero-order valence-electron chi connectivity index (χ0n) is 28.8. The Morgan fingerprint density at radius 1 is 1.07 bits per heavy atom. The van der Waals surface area contributed by atoms with Gasteiger partial charge in [-0.3, -0.25) is 4.79 Å². The topological polar surface area (TPSA) is 78.8 Å². The Labute approximate surface area is 284 Å². The van der Waals surface area contributed by atoms with Crippen LogP contribution in [0.4, 0.5) is 5.69 Å². The third-order valence-electron chi connectivity index (χ3n) is 16.1. The first-order valence-electron chi connectivity index (χ1n) is 18.6. The van der Waals surface area contributed by atoms with Crippen LogP contribution in [-0.4, -0.2) is 57.5 Å². The second-order valence-corrected chi connectivity index (χ2v) is 20.0. The van der Waals surface area contributed by atoms with Crippen molar-refractivity contribution < 1.29 is 19.7 Å². The van der Waals surface area contributed by atoms with E-state index in [9.17, 15) is 15.0 Å². The van der Waals surface area contributed by atoms with Crippen LogP contribution in [0.3, 0.4) is 0 Å². The van der Waals surface area contributed by atoms with Crippen LogP contribution in [0.2, 0.25) is 0 Å². The van der Waals surface area contributed by atoms with Crippen LogP contribution in [0.15, 0.2) is 18.2 Å². The molecule has 6 aliphatic carbocycles. The van der Waals surface area contributed by atoms with Crippen LogP contribution in [-0.2, 0) is 22.4 Å². The van der Waals surface area contributed by atoms with Gasteiger partial charge in [-0.2, -0.15) is 0 Å². The summed E-state index contributed by atoms with van der Waals surface area (Å²) in [5, 5.41) is 27.6. The Balaban J connectivity index is 1.24. The summed E-state index contributed by atoms with van der Waals surface area (Å²) in [5.41, 5.74) is 2.61. The maximum Gasteiger partial charge on any atom is 0.141 e. The number of rotatable bonds is 3. The molecule has 0 saturated heterocycles. The molecule has 5 nitrogen and oxygen atoms in total. The maximum atomic E-state index is 13.8. The number of ether oxygens (including phenoxy) is 1. The Hall–Kier alpha value is -0.730. The predicted molar refractivity (Wildman–Crippen MR) is 189 cm³/mol. The molecule has 7 heteroatoms. The molecule has 0 radical (unpaired) electrons. The summed E-state index contributed by atoms with van der Waals surface area (Å²) in [5.74, 6) is 2.77. The number of methoxy groups -OCH3 is 1. The van der Waals surface area contributed by atoms with E-state index in [1.54, 1.807) is 7.11 Å². The number of Topliss-reactive ketones (excluding diaryl/α,β-unsaturated/α-hetero) is 1. The number of carbonyl (C=O) groups is 1. The molecule has 1 aromatic carbocycles. The Bertz CT molecular complexity index is 1380. The first-order chi connectivity index (χ1) is 22.0. The van der Waals surface area contributed by atoms with E-state index in [1.165, 1.54) is 74.6 Å². The first kappa shape index (κ1) is 32.5. The second-order valence-electron chi connectivity index (χ2n) is 17.3. The van der Waals surface area contributed by atoms with Crippen molar-refractivity contribution in [1.82, 2.24) is 0 Å². The van der Waals surface area contributed by atoms with Crippen molar-refractivity contribution in [2.75, 3.05) is 18.2 Å². The van der Waals surface area contributed by atoms with E-state index in [-0.39, 0.29) is 50.8 Å². The van der Waals surface area contributed by atoms with Crippen LogP contribution in [0, 0.1) is 45.8 Å². The summed E-state index contributed by atoms with van der Waals surface area (Å²) in [6.07, 6.45) is 14.1. The van der Waals surface area contributed by atoms with Crippen molar-refractivity contribution >= 4 is 33.1 Å². The van der Waals surface area contributed by atoms with Crippen molar-refractivity contribution in [2.24, 2.45) is 45.8 Å². The highest BCUT2D eigenvalue weighted by atomic mass is 33.1. The van der Waals surface area contributed by atoms with Crippen molar-refractivity contribution in [2.45, 2.75) is 140 Å². The first-order valence-corrected chi connectivity index (χ1v) is 20.9. The van der Waals surface area contributed by atoms with E-state index in [2.05, 4.69) is 55.1 Å². The minimum absolute atomic E-state index is 0.0125. The molecule has 6 saturated carbocycles. The molecule has 1 heterocycles. The number of nitrogens with one attached hydrogen (secondary N) is 1. The maximum absolute atomic E-state index is 13.8. The number of hydrogen-bond acceptors (Lipinski definition) is 7. The molecule has 254 valence electrons. The van der Waals surface area contributed by atoms with E-state index in [1.807, 2.05) is 17.7 Å². The highest BCUT2D eigenvalue weighted by molar-refractivity contribution is 8.77. The van der Waals surface area contributed by atoms with Gasteiger partial charge in [0.05, 0.1) is 24.2 Å². The summed E-state index contributed by atoms with van der Waals surface area (Å²) >= 11 is 0. The standard InChI is InChI=1S/C39H57NO4S2/c1-6-25-11-10-24-16-26-20-37(15-12-27-18-28-34-32(42)19-33(44-5)39(34,43)35(27,3)36(28,37)4)21-29(26)38(13-8-7-9-14-38)46-45-22-31(23(2)41)40-30(25)17-24/h10-11,17,23,26-29,31,33-34,40-41,43H,6-9,12-16,18-22H2,1-5H3/t23-,26+,27-,28-,29-,31-,33+,34+,35-,36-,37+,39+/m0/s1. The zero-order valence-corrected chi connectivity index (χ0v) is 30.4. The molecule has 8 rings (SSSR count). The Morgan fingerprint density at radius 3 is 2.57 bits per heavy atom. The second kappa shape index (κ2) is 11.1. The molecular weight excluding hydrogens is 611 g/mol. The summed E-state index contributed by atoms with van der Waals surface area (Å²) in [6.45, 7) is 9.13. The third-order valence-corrected chi connectivity index (χ3v) is 19.5. The van der Waals surface area contributed by atoms with E-state index in [0.717, 1.165) is 25.0 Å². The van der Waals surface area contributed by atoms with Crippen LogP contribution >= 0.6 is 21.6 Å². The lowest BCUT2D eigenvalue weighted by Crippen LogP contribution is -2.63. The molecule has 2 spiro atoms. The number of aliphatic hydroxyl groups excluding tert-OH is 1. The summed E-state index contributed by atoms with van der Waals surface area (Å²) in [4.78, 5) is 13.8. The van der Waals surface area contributed by atoms with E-state index in [0.29, 0.717) is 24.2 Å². The minimum atomic E-state index is -1.05. The molecule has 3 N–H and O–H groups in total. The van der Waals surface area contributed by atoms with Crippen molar-refractivity contribution in [3.63, 3.8) is 0 Å². The van der Waals surface area contributed by atoms with Crippen molar-refractivity contribution in [1.29, 1.82) is 0 Å². The van der Waals surface area contributed by atoms with Crippen molar-refractivity contribution in [3.05, 3.63) is 29.3 Å². The van der Waals surface area contributed by atoms with Crippen LogP contribution in [0.5, 0.6) is 0 Å². The van der Waals surface area contributed by atoms with Gasteiger partial charge in [-0.1, -0.05) is 73.8 Å². The quantitative estimate of drug-likeness (QED) is 0.284. The lowest BCUT2D eigenvalue weighted by molar-refractivity contribution is -0.222. The third kappa shape index (κ3) is 4.04. The molecule has 46 heavy (non-hydrogen) atoms. The van der Waals surface area contributed by atoms with Gasteiger partial charge in [0.2, 0.25) is 0 Å². The number of aryl methyl sites for hydroxylation is 1. The highest BCUT2D eigenvalue weighted by Gasteiger charge is 2.88. The highest BCUT2D eigenvalue weighted by Crippen LogP contribution is 2.87. The SMILES string of the molecule is CCc1ccc2cc1N[C@H]([C@H](C)O)CSSC1(CCCCC1)[C@H]1C[C@@]3(CC[C@H]4C[C@H]5[C@@H]6C(=O)C[C@@H](OC)[C@]6(O)[C@]4(C)[C@]53C)C[C@H]1C2. The molecule has 1 aliphatic heterocycles. The average Bonchev–Trinajstić information content (AvgIpc) is 3.64. The largest absolute Gasteiger partial charge is 0.391 e.